The molecular formula is C13H22F3N. The van der Waals surface area contributed by atoms with E-state index in [0.29, 0.717) is 18.8 Å². The van der Waals surface area contributed by atoms with Gasteiger partial charge in [0.05, 0.1) is 5.92 Å². The Balaban J connectivity index is 1.83. The molecule has 4 heteroatoms. The van der Waals surface area contributed by atoms with E-state index in [4.69, 9.17) is 0 Å². The topological polar surface area (TPSA) is 12.0 Å². The molecule has 0 aromatic carbocycles. The van der Waals surface area contributed by atoms with Gasteiger partial charge in [0, 0.05) is 0 Å². The summed E-state index contributed by atoms with van der Waals surface area (Å²) in [6, 6.07) is 0. The van der Waals surface area contributed by atoms with Gasteiger partial charge in [0.15, 0.2) is 0 Å². The summed E-state index contributed by atoms with van der Waals surface area (Å²) in [6.45, 7) is 4.00. The molecule has 2 fully saturated rings. The molecule has 1 nitrogen and oxygen atoms in total. The zero-order valence-electron chi connectivity index (χ0n) is 10.4. The van der Waals surface area contributed by atoms with Crippen LogP contribution >= 0.6 is 0 Å². The molecule has 0 saturated heterocycles. The predicted molar refractivity (Wildman–Crippen MR) is 61.7 cm³/mol. The van der Waals surface area contributed by atoms with Crippen molar-refractivity contribution in [1.82, 2.24) is 5.32 Å². The van der Waals surface area contributed by atoms with E-state index in [9.17, 15) is 13.2 Å². The lowest BCUT2D eigenvalue weighted by Crippen LogP contribution is -2.31. The molecule has 0 heterocycles. The maximum Gasteiger partial charge on any atom is 0.391 e. The van der Waals surface area contributed by atoms with E-state index < -0.39 is 12.1 Å². The monoisotopic (exact) mass is 249 g/mol. The number of hydrogen-bond acceptors (Lipinski definition) is 1. The van der Waals surface area contributed by atoms with Crippen LogP contribution in [0.15, 0.2) is 0 Å². The predicted octanol–water partition coefficient (Wildman–Crippen LogP) is 3.74. The van der Waals surface area contributed by atoms with Crippen LogP contribution in [0.1, 0.15) is 45.4 Å². The quantitative estimate of drug-likeness (QED) is 0.748. The summed E-state index contributed by atoms with van der Waals surface area (Å²) in [4.78, 5) is 0. The summed E-state index contributed by atoms with van der Waals surface area (Å²) in [5.74, 6) is -0.536. The van der Waals surface area contributed by atoms with Crippen LogP contribution in [0.4, 0.5) is 13.2 Å². The minimum atomic E-state index is -3.97. The second kappa shape index (κ2) is 4.79. The third-order valence-electron chi connectivity index (χ3n) is 4.52. The van der Waals surface area contributed by atoms with Gasteiger partial charge in [-0.15, -0.1) is 0 Å². The molecule has 17 heavy (non-hydrogen) atoms. The molecule has 1 N–H and O–H groups in total. The van der Waals surface area contributed by atoms with Gasteiger partial charge in [-0.25, -0.2) is 0 Å². The number of halogens is 3. The van der Waals surface area contributed by atoms with Crippen molar-refractivity contribution in [1.29, 1.82) is 0 Å². The van der Waals surface area contributed by atoms with Gasteiger partial charge in [-0.3, -0.25) is 0 Å². The highest BCUT2D eigenvalue weighted by Crippen LogP contribution is 2.63. The van der Waals surface area contributed by atoms with E-state index >= 15 is 0 Å². The Morgan fingerprint density at radius 3 is 2.71 bits per heavy atom. The number of rotatable bonds is 4. The zero-order chi connectivity index (χ0) is 12.5. The molecule has 2 aliphatic carbocycles. The average Bonchev–Trinajstić information content (AvgIpc) is 2.90. The van der Waals surface area contributed by atoms with Crippen molar-refractivity contribution < 1.29 is 13.2 Å². The van der Waals surface area contributed by atoms with Gasteiger partial charge in [0.1, 0.15) is 0 Å². The first-order valence-corrected chi connectivity index (χ1v) is 6.75. The Morgan fingerprint density at radius 2 is 2.06 bits per heavy atom. The molecule has 100 valence electrons. The summed E-state index contributed by atoms with van der Waals surface area (Å²) in [7, 11) is 0. The van der Waals surface area contributed by atoms with Crippen molar-refractivity contribution in [3.8, 4) is 0 Å². The summed E-state index contributed by atoms with van der Waals surface area (Å²) < 4.78 is 38.2. The van der Waals surface area contributed by atoms with Gasteiger partial charge in [-0.05, 0) is 56.5 Å². The van der Waals surface area contributed by atoms with Gasteiger partial charge in [-0.2, -0.15) is 13.2 Å². The zero-order valence-corrected chi connectivity index (χ0v) is 10.4. The Kier molecular flexibility index (Phi) is 3.71. The standard InChI is InChI=1S/C13H22F3N/c1-2-6-17-9-11-8-12(11)5-3-4-10(7-12)13(14,15)16/h10-11,17H,2-9H2,1H3. The van der Waals surface area contributed by atoms with E-state index in [-0.39, 0.29) is 5.41 Å². The molecule has 0 amide bonds. The summed E-state index contributed by atoms with van der Waals surface area (Å²) in [5.41, 5.74) is 0.0409. The minimum Gasteiger partial charge on any atom is -0.316 e. The molecule has 0 radical (unpaired) electrons. The van der Waals surface area contributed by atoms with Crippen LogP contribution in [-0.2, 0) is 0 Å². The highest BCUT2D eigenvalue weighted by molar-refractivity contribution is 5.06. The maximum atomic E-state index is 12.7. The van der Waals surface area contributed by atoms with Crippen LogP contribution in [0.3, 0.4) is 0 Å². The summed E-state index contributed by atoms with van der Waals surface area (Å²) in [5, 5.41) is 3.34. The first kappa shape index (κ1) is 13.2. The van der Waals surface area contributed by atoms with E-state index in [0.717, 1.165) is 38.8 Å². The Labute approximate surface area is 101 Å². The lowest BCUT2D eigenvalue weighted by molar-refractivity contribution is -0.187. The summed E-state index contributed by atoms with van der Waals surface area (Å²) in [6.07, 6.45) is 0.625. The van der Waals surface area contributed by atoms with Crippen molar-refractivity contribution in [2.75, 3.05) is 13.1 Å². The molecule has 3 unspecified atom stereocenters. The highest BCUT2D eigenvalue weighted by atomic mass is 19.4. The van der Waals surface area contributed by atoms with Gasteiger partial charge in [0.2, 0.25) is 0 Å². The first-order chi connectivity index (χ1) is 7.98. The van der Waals surface area contributed by atoms with Gasteiger partial charge in [0.25, 0.3) is 0 Å². The lowest BCUT2D eigenvalue weighted by Gasteiger charge is -2.31. The Hall–Kier alpha value is -0.250. The van der Waals surface area contributed by atoms with E-state index in [1.165, 1.54) is 0 Å². The van der Waals surface area contributed by atoms with Crippen LogP contribution < -0.4 is 5.32 Å². The van der Waals surface area contributed by atoms with Crippen LogP contribution in [0, 0.1) is 17.3 Å². The largest absolute Gasteiger partial charge is 0.391 e. The van der Waals surface area contributed by atoms with Crippen molar-refractivity contribution >= 4 is 0 Å². The molecule has 2 rings (SSSR count). The van der Waals surface area contributed by atoms with Crippen molar-refractivity contribution in [2.45, 2.75) is 51.6 Å². The van der Waals surface area contributed by atoms with Gasteiger partial charge in [-0.1, -0.05) is 13.3 Å². The Morgan fingerprint density at radius 1 is 1.29 bits per heavy atom. The molecule has 2 saturated carbocycles. The van der Waals surface area contributed by atoms with Crippen molar-refractivity contribution in [3.05, 3.63) is 0 Å². The van der Waals surface area contributed by atoms with Crippen LogP contribution in [0.25, 0.3) is 0 Å². The minimum absolute atomic E-state index is 0.0409. The number of alkyl halides is 3. The molecule has 0 bridgehead atoms. The smallest absolute Gasteiger partial charge is 0.316 e. The first-order valence-electron chi connectivity index (χ1n) is 6.75. The summed E-state index contributed by atoms with van der Waals surface area (Å²) >= 11 is 0. The van der Waals surface area contributed by atoms with Gasteiger partial charge < -0.3 is 5.32 Å². The molecular weight excluding hydrogens is 227 g/mol. The van der Waals surface area contributed by atoms with Crippen molar-refractivity contribution in [2.24, 2.45) is 17.3 Å². The lowest BCUT2D eigenvalue weighted by atomic mass is 9.77. The fraction of sp³-hybridized carbons (Fsp3) is 1.00. The molecule has 0 aromatic rings. The fourth-order valence-corrected chi connectivity index (χ4v) is 3.40. The van der Waals surface area contributed by atoms with E-state index in [2.05, 4.69) is 12.2 Å². The average molecular weight is 249 g/mol. The Bertz CT molecular complexity index is 264. The molecule has 1 spiro atoms. The van der Waals surface area contributed by atoms with Crippen LogP contribution in [0.5, 0.6) is 0 Å². The second-order valence-corrected chi connectivity index (χ2v) is 5.80. The molecule has 3 atom stereocenters. The van der Waals surface area contributed by atoms with Crippen molar-refractivity contribution in [3.63, 3.8) is 0 Å². The third-order valence-corrected chi connectivity index (χ3v) is 4.52. The van der Waals surface area contributed by atoms with E-state index in [1.807, 2.05) is 0 Å². The normalized spacial score (nSPS) is 37.4. The second-order valence-electron chi connectivity index (χ2n) is 5.80. The van der Waals surface area contributed by atoms with Gasteiger partial charge >= 0.3 is 6.18 Å². The van der Waals surface area contributed by atoms with E-state index in [1.54, 1.807) is 0 Å². The number of hydrogen-bond donors (Lipinski definition) is 1. The highest BCUT2D eigenvalue weighted by Gasteiger charge is 2.58. The number of nitrogens with one attached hydrogen (secondary N) is 1. The van der Waals surface area contributed by atoms with Crippen LogP contribution in [-0.4, -0.2) is 19.3 Å². The third kappa shape index (κ3) is 2.95. The fourth-order valence-electron chi connectivity index (χ4n) is 3.40. The maximum absolute atomic E-state index is 12.7. The molecule has 0 aliphatic heterocycles. The molecule has 0 aromatic heterocycles. The molecule has 2 aliphatic rings. The SMILES string of the molecule is CCCNCC1CC12CCCC(C(F)(F)F)C2. The van der Waals surface area contributed by atoms with Crippen LogP contribution in [0.2, 0.25) is 0 Å².